The predicted molar refractivity (Wildman–Crippen MR) is 74.7 cm³/mol. The fourth-order valence-corrected chi connectivity index (χ4v) is 2.37. The number of carbonyl (C=O) groups is 2. The number of hydrogen-bond donors (Lipinski definition) is 0. The molecular formula is C16H24F2O2. The Morgan fingerprint density at radius 3 is 2.65 bits per heavy atom. The highest BCUT2D eigenvalue weighted by Gasteiger charge is 2.37. The number of ketones is 2. The summed E-state index contributed by atoms with van der Waals surface area (Å²) >= 11 is 0. The first kappa shape index (κ1) is 17.0. The molecule has 0 amide bonds. The van der Waals surface area contributed by atoms with Crippen molar-refractivity contribution < 1.29 is 18.4 Å². The standard InChI is InChI=1S/C16H24F2O2/c1-12(2)5-3-4-10-16(17,18)15(20)9-7-13-6-8-14(19)11-13/h6,8,12-13H,3-5,7,9-11H2,1-2H3/t13-/m1/s1. The lowest BCUT2D eigenvalue weighted by Gasteiger charge is -2.16. The topological polar surface area (TPSA) is 34.1 Å². The fourth-order valence-electron chi connectivity index (χ4n) is 2.37. The summed E-state index contributed by atoms with van der Waals surface area (Å²) in [6, 6.07) is 0. The van der Waals surface area contributed by atoms with Crippen molar-refractivity contribution in [2.24, 2.45) is 11.8 Å². The number of allylic oxidation sites excluding steroid dienone is 2. The first-order valence-electron chi connectivity index (χ1n) is 7.43. The average Bonchev–Trinajstić information content (AvgIpc) is 2.77. The van der Waals surface area contributed by atoms with E-state index in [1.165, 1.54) is 6.08 Å². The van der Waals surface area contributed by atoms with Crippen molar-refractivity contribution in [3.05, 3.63) is 12.2 Å². The van der Waals surface area contributed by atoms with E-state index in [2.05, 4.69) is 13.8 Å². The molecule has 4 heteroatoms. The van der Waals surface area contributed by atoms with Gasteiger partial charge in [0, 0.05) is 19.3 Å². The molecule has 0 aliphatic heterocycles. The van der Waals surface area contributed by atoms with Gasteiger partial charge in [0.2, 0.25) is 5.78 Å². The van der Waals surface area contributed by atoms with Crippen LogP contribution in [0.3, 0.4) is 0 Å². The zero-order valence-corrected chi connectivity index (χ0v) is 12.3. The summed E-state index contributed by atoms with van der Waals surface area (Å²) in [6.07, 6.45) is 5.45. The molecule has 114 valence electrons. The number of unbranched alkanes of at least 4 members (excludes halogenated alkanes) is 1. The largest absolute Gasteiger partial charge is 0.305 e. The van der Waals surface area contributed by atoms with Crippen LogP contribution in [0.5, 0.6) is 0 Å². The highest BCUT2D eigenvalue weighted by Crippen LogP contribution is 2.28. The molecule has 2 nitrogen and oxygen atoms in total. The lowest BCUT2D eigenvalue weighted by molar-refractivity contribution is -0.144. The molecule has 0 aromatic heterocycles. The summed E-state index contributed by atoms with van der Waals surface area (Å²) in [4.78, 5) is 22.6. The van der Waals surface area contributed by atoms with Crippen LogP contribution in [0, 0.1) is 11.8 Å². The van der Waals surface area contributed by atoms with Crippen molar-refractivity contribution in [2.45, 2.75) is 64.7 Å². The molecule has 0 saturated carbocycles. The summed E-state index contributed by atoms with van der Waals surface area (Å²) in [6.45, 7) is 4.11. The quantitative estimate of drug-likeness (QED) is 0.591. The Morgan fingerprint density at radius 2 is 2.10 bits per heavy atom. The molecule has 1 atom stereocenters. The summed E-state index contributed by atoms with van der Waals surface area (Å²) in [7, 11) is 0. The van der Waals surface area contributed by atoms with E-state index in [1.807, 2.05) is 0 Å². The number of carbonyl (C=O) groups excluding carboxylic acids is 2. The Labute approximate surface area is 119 Å². The maximum atomic E-state index is 13.7. The van der Waals surface area contributed by atoms with E-state index < -0.39 is 11.7 Å². The number of hydrogen-bond acceptors (Lipinski definition) is 2. The zero-order chi connectivity index (χ0) is 15.2. The van der Waals surface area contributed by atoms with Crippen LogP contribution in [0.4, 0.5) is 8.78 Å². The number of halogens is 2. The van der Waals surface area contributed by atoms with Crippen molar-refractivity contribution in [3.63, 3.8) is 0 Å². The molecule has 0 saturated heterocycles. The van der Waals surface area contributed by atoms with Crippen LogP contribution in [0.15, 0.2) is 12.2 Å². The molecule has 0 unspecified atom stereocenters. The Hall–Kier alpha value is -1.06. The van der Waals surface area contributed by atoms with Gasteiger partial charge in [0.15, 0.2) is 5.78 Å². The minimum absolute atomic E-state index is 0.0166. The van der Waals surface area contributed by atoms with Crippen molar-refractivity contribution in [1.82, 2.24) is 0 Å². The van der Waals surface area contributed by atoms with E-state index in [-0.39, 0.29) is 24.5 Å². The molecule has 0 spiro atoms. The van der Waals surface area contributed by atoms with Gasteiger partial charge in [-0.25, -0.2) is 0 Å². The van der Waals surface area contributed by atoms with Gasteiger partial charge >= 0.3 is 5.92 Å². The molecule has 1 aliphatic rings. The van der Waals surface area contributed by atoms with Crippen molar-refractivity contribution in [1.29, 1.82) is 0 Å². The number of rotatable bonds is 9. The molecular weight excluding hydrogens is 262 g/mol. The van der Waals surface area contributed by atoms with Crippen LogP contribution in [-0.4, -0.2) is 17.5 Å². The van der Waals surface area contributed by atoms with E-state index in [4.69, 9.17) is 0 Å². The van der Waals surface area contributed by atoms with Gasteiger partial charge in [0.25, 0.3) is 0 Å². The van der Waals surface area contributed by atoms with Crippen LogP contribution < -0.4 is 0 Å². The van der Waals surface area contributed by atoms with Crippen LogP contribution in [0.2, 0.25) is 0 Å². The van der Waals surface area contributed by atoms with Gasteiger partial charge in [0.1, 0.15) is 0 Å². The third-order valence-electron chi connectivity index (χ3n) is 3.69. The molecule has 0 radical (unpaired) electrons. The molecule has 20 heavy (non-hydrogen) atoms. The SMILES string of the molecule is CC(C)CCCCC(F)(F)C(=O)CC[C@H]1C=CC(=O)C1. The van der Waals surface area contributed by atoms with E-state index >= 15 is 0 Å². The van der Waals surface area contributed by atoms with Gasteiger partial charge in [-0.2, -0.15) is 8.78 Å². The Bertz CT molecular complexity index is 373. The molecule has 0 N–H and O–H groups in total. The van der Waals surface area contributed by atoms with Crippen LogP contribution in [0.25, 0.3) is 0 Å². The maximum Gasteiger partial charge on any atom is 0.305 e. The van der Waals surface area contributed by atoms with Gasteiger partial charge in [0.05, 0.1) is 0 Å². The molecule has 1 aliphatic carbocycles. The zero-order valence-electron chi connectivity index (χ0n) is 12.3. The number of alkyl halides is 2. The normalized spacial score (nSPS) is 19.1. The van der Waals surface area contributed by atoms with Crippen LogP contribution >= 0.6 is 0 Å². The van der Waals surface area contributed by atoms with Crippen molar-refractivity contribution in [2.75, 3.05) is 0 Å². The summed E-state index contributed by atoms with van der Waals surface area (Å²) in [5.74, 6) is -3.70. The molecule has 0 aromatic rings. The van der Waals surface area contributed by atoms with Crippen molar-refractivity contribution in [3.8, 4) is 0 Å². The van der Waals surface area contributed by atoms with Crippen LogP contribution in [0.1, 0.15) is 58.8 Å². The monoisotopic (exact) mass is 286 g/mol. The van der Waals surface area contributed by atoms with Crippen molar-refractivity contribution >= 4 is 11.6 Å². The molecule has 1 rings (SSSR count). The van der Waals surface area contributed by atoms with Gasteiger partial charge in [-0.1, -0.05) is 32.8 Å². The Morgan fingerprint density at radius 1 is 1.40 bits per heavy atom. The minimum atomic E-state index is -3.21. The van der Waals surface area contributed by atoms with Gasteiger partial charge in [-0.3, -0.25) is 9.59 Å². The maximum absolute atomic E-state index is 13.7. The first-order chi connectivity index (χ1) is 9.31. The minimum Gasteiger partial charge on any atom is -0.295 e. The molecule has 0 fully saturated rings. The van der Waals surface area contributed by atoms with Gasteiger partial charge in [-0.05, 0) is 30.8 Å². The summed E-state index contributed by atoms with van der Waals surface area (Å²) in [5, 5.41) is 0. The van der Waals surface area contributed by atoms with Gasteiger partial charge in [-0.15, -0.1) is 0 Å². The fraction of sp³-hybridized carbons (Fsp3) is 0.750. The van der Waals surface area contributed by atoms with E-state index in [0.29, 0.717) is 25.2 Å². The third-order valence-corrected chi connectivity index (χ3v) is 3.69. The van der Waals surface area contributed by atoms with Crippen LogP contribution in [-0.2, 0) is 9.59 Å². The Balaban J connectivity index is 2.25. The predicted octanol–water partition coefficient (Wildman–Crippen LogP) is 4.33. The summed E-state index contributed by atoms with van der Waals surface area (Å²) in [5.41, 5.74) is 0. The molecule has 0 aromatic carbocycles. The Kier molecular flexibility index (Phi) is 6.50. The first-order valence-corrected chi connectivity index (χ1v) is 7.43. The molecule has 0 bridgehead atoms. The van der Waals surface area contributed by atoms with E-state index in [9.17, 15) is 18.4 Å². The molecule has 0 heterocycles. The van der Waals surface area contributed by atoms with E-state index in [1.54, 1.807) is 6.08 Å². The second-order valence-electron chi connectivity index (χ2n) is 6.10. The van der Waals surface area contributed by atoms with E-state index in [0.717, 1.165) is 12.8 Å². The third kappa shape index (κ3) is 5.93. The lowest BCUT2D eigenvalue weighted by Crippen LogP contribution is -2.28. The second kappa shape index (κ2) is 7.65. The highest BCUT2D eigenvalue weighted by molar-refractivity contribution is 5.92. The smallest absolute Gasteiger partial charge is 0.295 e. The average molecular weight is 286 g/mol. The number of Topliss-reactive ketones (excluding diaryl/α,β-unsaturated/α-hetero) is 1. The van der Waals surface area contributed by atoms with Gasteiger partial charge < -0.3 is 0 Å². The second-order valence-corrected chi connectivity index (χ2v) is 6.10. The lowest BCUT2D eigenvalue weighted by atomic mass is 9.96. The highest BCUT2D eigenvalue weighted by atomic mass is 19.3. The summed E-state index contributed by atoms with van der Waals surface area (Å²) < 4.78 is 27.3.